The van der Waals surface area contributed by atoms with E-state index in [0.29, 0.717) is 6.42 Å². The van der Waals surface area contributed by atoms with Gasteiger partial charge in [0, 0.05) is 30.7 Å². The number of esters is 1. The molecular formula is C14H15N3O2. The van der Waals surface area contributed by atoms with Crippen molar-refractivity contribution >= 4 is 17.0 Å². The van der Waals surface area contributed by atoms with Gasteiger partial charge in [0.25, 0.3) is 0 Å². The number of fused-ring (bicyclic) bond motifs is 1. The summed E-state index contributed by atoms with van der Waals surface area (Å²) in [6.07, 6.45) is 5.17. The molecule has 5 nitrogen and oxygen atoms in total. The molecule has 19 heavy (non-hydrogen) atoms. The lowest BCUT2D eigenvalue weighted by atomic mass is 10.1. The molecule has 0 atom stereocenters. The van der Waals surface area contributed by atoms with E-state index in [4.69, 9.17) is 10.00 Å². The number of methoxy groups -OCH3 is 1. The van der Waals surface area contributed by atoms with Crippen LogP contribution in [-0.4, -0.2) is 22.6 Å². The monoisotopic (exact) mass is 257 g/mol. The molecule has 0 N–H and O–H groups in total. The molecule has 0 saturated carbocycles. The molecule has 0 amide bonds. The molecule has 0 bridgehead atoms. The molecule has 0 unspecified atom stereocenters. The molecule has 0 spiro atoms. The Morgan fingerprint density at radius 3 is 3.16 bits per heavy atom. The molecule has 0 aromatic carbocycles. The zero-order chi connectivity index (χ0) is 13.7. The van der Waals surface area contributed by atoms with Crippen LogP contribution in [0.15, 0.2) is 24.5 Å². The summed E-state index contributed by atoms with van der Waals surface area (Å²) >= 11 is 0. The average Bonchev–Trinajstić information content (AvgIpc) is 2.78. The van der Waals surface area contributed by atoms with Gasteiger partial charge in [0.15, 0.2) is 0 Å². The zero-order valence-corrected chi connectivity index (χ0v) is 10.8. The molecule has 98 valence electrons. The summed E-state index contributed by atoms with van der Waals surface area (Å²) in [4.78, 5) is 15.7. The van der Waals surface area contributed by atoms with Crippen molar-refractivity contribution in [1.29, 1.82) is 5.26 Å². The lowest BCUT2D eigenvalue weighted by molar-refractivity contribution is -0.139. The van der Waals surface area contributed by atoms with E-state index in [2.05, 4.69) is 11.1 Å². The van der Waals surface area contributed by atoms with Crippen molar-refractivity contribution in [2.45, 2.75) is 25.8 Å². The Kier molecular flexibility index (Phi) is 4.14. The van der Waals surface area contributed by atoms with Crippen LogP contribution in [0.5, 0.6) is 0 Å². The first kappa shape index (κ1) is 13.1. The number of aromatic nitrogens is 2. The minimum absolute atomic E-state index is 0.240. The van der Waals surface area contributed by atoms with Gasteiger partial charge in [0.05, 0.1) is 19.6 Å². The van der Waals surface area contributed by atoms with Gasteiger partial charge in [0.2, 0.25) is 0 Å². The third kappa shape index (κ3) is 2.91. The van der Waals surface area contributed by atoms with Gasteiger partial charge in [-0.05, 0) is 24.1 Å². The average molecular weight is 257 g/mol. The Morgan fingerprint density at radius 1 is 1.58 bits per heavy atom. The number of aryl methyl sites for hydroxylation is 1. The lowest BCUT2D eigenvalue weighted by Crippen LogP contribution is -2.04. The first-order chi connectivity index (χ1) is 9.26. The van der Waals surface area contributed by atoms with E-state index in [0.717, 1.165) is 29.6 Å². The van der Waals surface area contributed by atoms with Crippen molar-refractivity contribution in [2.24, 2.45) is 0 Å². The van der Waals surface area contributed by atoms with E-state index in [-0.39, 0.29) is 12.4 Å². The van der Waals surface area contributed by atoms with Crippen LogP contribution < -0.4 is 0 Å². The van der Waals surface area contributed by atoms with Crippen molar-refractivity contribution in [1.82, 2.24) is 9.55 Å². The highest BCUT2D eigenvalue weighted by Gasteiger charge is 2.12. The Balaban J connectivity index is 2.31. The van der Waals surface area contributed by atoms with Crippen LogP contribution in [0.1, 0.15) is 18.4 Å². The number of rotatable bonds is 5. The van der Waals surface area contributed by atoms with E-state index < -0.39 is 0 Å². The van der Waals surface area contributed by atoms with Crippen molar-refractivity contribution in [3.63, 3.8) is 0 Å². The predicted octanol–water partition coefficient (Wildman–Crippen LogP) is 2.06. The van der Waals surface area contributed by atoms with Crippen LogP contribution in [0.25, 0.3) is 11.0 Å². The van der Waals surface area contributed by atoms with Crippen molar-refractivity contribution in [2.75, 3.05) is 7.11 Å². The summed E-state index contributed by atoms with van der Waals surface area (Å²) in [5.74, 6) is -0.264. The molecule has 0 saturated heterocycles. The second-order valence-corrected chi connectivity index (χ2v) is 4.24. The van der Waals surface area contributed by atoms with Crippen molar-refractivity contribution in [3.8, 4) is 6.07 Å². The molecule has 5 heteroatoms. The summed E-state index contributed by atoms with van der Waals surface area (Å²) in [6, 6.07) is 5.92. The third-order valence-corrected chi connectivity index (χ3v) is 2.97. The van der Waals surface area contributed by atoms with Gasteiger partial charge >= 0.3 is 5.97 Å². The molecule has 0 aliphatic heterocycles. The molecule has 0 radical (unpaired) electrons. The topological polar surface area (TPSA) is 67.9 Å². The minimum atomic E-state index is -0.264. The van der Waals surface area contributed by atoms with E-state index >= 15 is 0 Å². The third-order valence-electron chi connectivity index (χ3n) is 2.97. The van der Waals surface area contributed by atoms with Gasteiger partial charge in [-0.15, -0.1) is 0 Å². The summed E-state index contributed by atoms with van der Waals surface area (Å²) in [6.45, 7) is 0.724. The molecular weight excluding hydrogens is 242 g/mol. The fourth-order valence-corrected chi connectivity index (χ4v) is 2.06. The van der Waals surface area contributed by atoms with Crippen LogP contribution in [0, 0.1) is 11.3 Å². The maximum atomic E-state index is 11.4. The molecule has 2 heterocycles. The van der Waals surface area contributed by atoms with Crippen LogP contribution in [0.2, 0.25) is 0 Å². The number of unbranched alkanes of at least 4 members (excludes halogenated alkanes) is 1. The normalized spacial score (nSPS) is 10.3. The first-order valence-corrected chi connectivity index (χ1v) is 6.12. The fourth-order valence-electron chi connectivity index (χ4n) is 2.06. The number of ether oxygens (including phenoxy) is 1. The van der Waals surface area contributed by atoms with Crippen molar-refractivity contribution in [3.05, 3.63) is 30.1 Å². The first-order valence-electron chi connectivity index (χ1n) is 6.12. The fraction of sp³-hybridized carbons (Fsp3) is 0.357. The second kappa shape index (κ2) is 6.01. The largest absolute Gasteiger partial charge is 0.469 e. The van der Waals surface area contributed by atoms with Crippen LogP contribution in [0.3, 0.4) is 0 Å². The number of hydrogen-bond donors (Lipinski definition) is 0. The van der Waals surface area contributed by atoms with Crippen LogP contribution >= 0.6 is 0 Å². The van der Waals surface area contributed by atoms with Gasteiger partial charge in [-0.25, -0.2) is 4.98 Å². The molecule has 0 aliphatic carbocycles. The van der Waals surface area contributed by atoms with Gasteiger partial charge in [-0.3, -0.25) is 4.79 Å². The molecule has 2 rings (SSSR count). The highest BCUT2D eigenvalue weighted by Crippen LogP contribution is 2.20. The number of carbonyl (C=O) groups is 1. The van der Waals surface area contributed by atoms with Gasteiger partial charge in [0.1, 0.15) is 5.65 Å². The Bertz CT molecular complexity index is 625. The highest BCUT2D eigenvalue weighted by molar-refractivity contribution is 5.85. The number of pyridine rings is 1. The van der Waals surface area contributed by atoms with E-state index in [1.54, 1.807) is 6.20 Å². The minimum Gasteiger partial charge on any atom is -0.469 e. The quantitative estimate of drug-likeness (QED) is 0.607. The Morgan fingerprint density at radius 2 is 2.42 bits per heavy atom. The van der Waals surface area contributed by atoms with Crippen molar-refractivity contribution < 1.29 is 9.53 Å². The van der Waals surface area contributed by atoms with Crippen LogP contribution in [0.4, 0.5) is 0 Å². The summed E-state index contributed by atoms with van der Waals surface area (Å²) in [5.41, 5.74) is 1.76. The molecule has 0 fully saturated rings. The van der Waals surface area contributed by atoms with Gasteiger partial charge in [-0.1, -0.05) is 0 Å². The lowest BCUT2D eigenvalue weighted by Gasteiger charge is -2.01. The number of hydrogen-bond acceptors (Lipinski definition) is 4. The number of carbonyl (C=O) groups excluding carboxylic acids is 1. The maximum absolute atomic E-state index is 11.4. The number of nitriles is 1. The second-order valence-electron chi connectivity index (χ2n) is 4.24. The van der Waals surface area contributed by atoms with Gasteiger partial charge < -0.3 is 9.30 Å². The zero-order valence-electron chi connectivity index (χ0n) is 10.8. The van der Waals surface area contributed by atoms with E-state index in [9.17, 15) is 4.79 Å². The maximum Gasteiger partial charge on any atom is 0.310 e. The smallest absolute Gasteiger partial charge is 0.310 e. The summed E-state index contributed by atoms with van der Waals surface area (Å²) in [7, 11) is 1.38. The predicted molar refractivity (Wildman–Crippen MR) is 70.3 cm³/mol. The van der Waals surface area contributed by atoms with E-state index in [1.165, 1.54) is 7.11 Å². The van der Waals surface area contributed by atoms with E-state index in [1.807, 2.05) is 22.9 Å². The van der Waals surface area contributed by atoms with Crippen LogP contribution in [-0.2, 0) is 22.5 Å². The SMILES string of the molecule is COC(=O)Cc1cn(CCCC#N)c2ncccc12. The molecule has 0 aliphatic rings. The number of nitrogens with zero attached hydrogens (tertiary/aromatic N) is 3. The molecule has 2 aromatic rings. The summed E-state index contributed by atoms with van der Waals surface area (Å²) in [5, 5.41) is 9.54. The highest BCUT2D eigenvalue weighted by atomic mass is 16.5. The Hall–Kier alpha value is -2.35. The summed E-state index contributed by atoms with van der Waals surface area (Å²) < 4.78 is 6.69. The van der Waals surface area contributed by atoms with Gasteiger partial charge in [-0.2, -0.15) is 5.26 Å². The standard InChI is InChI=1S/C14H15N3O2/c1-19-13(18)9-11-10-17(8-3-2-6-15)14-12(11)5-4-7-16-14/h4-5,7,10H,2-3,8-9H2,1H3. The Labute approximate surface area is 111 Å². The molecule has 2 aromatic heterocycles.